The number of para-hydroxylation sites is 2. The molecule has 76 valence electrons. The van der Waals surface area contributed by atoms with E-state index in [2.05, 4.69) is 24.0 Å². The molecule has 14 heavy (non-hydrogen) atoms. The molecule has 0 radical (unpaired) electrons. The largest absolute Gasteiger partial charge is 0.397 e. The topological polar surface area (TPSA) is 29.3 Å². The average molecular weight is 190 g/mol. The highest BCUT2D eigenvalue weighted by molar-refractivity contribution is 5.67. The summed E-state index contributed by atoms with van der Waals surface area (Å²) >= 11 is 0. The third kappa shape index (κ3) is 1.69. The van der Waals surface area contributed by atoms with E-state index in [4.69, 9.17) is 5.73 Å². The van der Waals surface area contributed by atoms with E-state index in [0.29, 0.717) is 6.04 Å². The first-order chi connectivity index (χ1) is 6.79. The first-order valence-corrected chi connectivity index (χ1v) is 5.40. The predicted molar refractivity (Wildman–Crippen MR) is 61.5 cm³/mol. The number of anilines is 2. The molecular weight excluding hydrogens is 172 g/mol. The minimum Gasteiger partial charge on any atom is -0.397 e. The zero-order chi connectivity index (χ0) is 9.97. The summed E-state index contributed by atoms with van der Waals surface area (Å²) in [6, 6.07) is 8.79. The van der Waals surface area contributed by atoms with Gasteiger partial charge >= 0.3 is 0 Å². The SMILES string of the molecule is C[C@@H]1CCCCN1c1ccccc1N. The van der Waals surface area contributed by atoms with Crippen molar-refractivity contribution < 1.29 is 0 Å². The Kier molecular flexibility index (Phi) is 2.62. The molecule has 0 amide bonds. The van der Waals surface area contributed by atoms with Crippen LogP contribution in [0.1, 0.15) is 26.2 Å². The fourth-order valence-corrected chi connectivity index (χ4v) is 2.21. The Labute approximate surface area is 85.7 Å². The molecule has 1 aliphatic rings. The van der Waals surface area contributed by atoms with Gasteiger partial charge in [-0.1, -0.05) is 12.1 Å². The van der Waals surface area contributed by atoms with E-state index < -0.39 is 0 Å². The number of piperidine rings is 1. The van der Waals surface area contributed by atoms with Gasteiger partial charge in [-0.3, -0.25) is 0 Å². The Balaban J connectivity index is 2.25. The molecule has 0 saturated carbocycles. The second-order valence-corrected chi connectivity index (χ2v) is 4.10. The Bertz CT molecular complexity index is 309. The molecule has 2 rings (SSSR count). The van der Waals surface area contributed by atoms with E-state index in [1.54, 1.807) is 0 Å². The lowest BCUT2D eigenvalue weighted by atomic mass is 10.0. The van der Waals surface area contributed by atoms with Gasteiger partial charge in [0.15, 0.2) is 0 Å². The van der Waals surface area contributed by atoms with Gasteiger partial charge in [0.1, 0.15) is 0 Å². The maximum absolute atomic E-state index is 5.97. The van der Waals surface area contributed by atoms with Gasteiger partial charge in [0, 0.05) is 12.6 Å². The number of hydrogen-bond acceptors (Lipinski definition) is 2. The van der Waals surface area contributed by atoms with E-state index in [1.165, 1.54) is 24.9 Å². The molecule has 1 saturated heterocycles. The van der Waals surface area contributed by atoms with Crippen LogP contribution in [-0.2, 0) is 0 Å². The van der Waals surface area contributed by atoms with Crippen LogP contribution in [0.2, 0.25) is 0 Å². The highest BCUT2D eigenvalue weighted by Gasteiger charge is 2.19. The van der Waals surface area contributed by atoms with Gasteiger partial charge < -0.3 is 10.6 Å². The molecule has 1 aromatic carbocycles. The van der Waals surface area contributed by atoms with Gasteiger partial charge in [-0.25, -0.2) is 0 Å². The summed E-state index contributed by atoms with van der Waals surface area (Å²) in [5.74, 6) is 0. The molecule has 2 nitrogen and oxygen atoms in total. The minimum atomic E-state index is 0.633. The Hall–Kier alpha value is -1.18. The molecule has 1 aliphatic heterocycles. The number of nitrogens with two attached hydrogens (primary N) is 1. The van der Waals surface area contributed by atoms with Crippen molar-refractivity contribution in [2.24, 2.45) is 0 Å². The maximum atomic E-state index is 5.97. The number of hydrogen-bond donors (Lipinski definition) is 1. The zero-order valence-electron chi connectivity index (χ0n) is 8.74. The first kappa shape index (κ1) is 9.38. The highest BCUT2D eigenvalue weighted by atomic mass is 15.2. The molecule has 0 bridgehead atoms. The molecule has 1 heterocycles. The van der Waals surface area contributed by atoms with Crippen LogP contribution in [0.3, 0.4) is 0 Å². The second-order valence-electron chi connectivity index (χ2n) is 4.10. The maximum Gasteiger partial charge on any atom is 0.0602 e. The standard InChI is InChI=1S/C12H18N2/c1-10-6-4-5-9-14(10)12-8-3-2-7-11(12)13/h2-3,7-8,10H,4-6,9,13H2,1H3/t10-/m1/s1. The minimum absolute atomic E-state index is 0.633. The molecule has 1 fully saturated rings. The molecule has 2 N–H and O–H groups in total. The quantitative estimate of drug-likeness (QED) is 0.690. The van der Waals surface area contributed by atoms with E-state index in [-0.39, 0.29) is 0 Å². The molecule has 2 heteroatoms. The van der Waals surface area contributed by atoms with Gasteiger partial charge in [-0.15, -0.1) is 0 Å². The van der Waals surface area contributed by atoms with Crippen molar-refractivity contribution in [2.75, 3.05) is 17.2 Å². The van der Waals surface area contributed by atoms with Crippen LogP contribution in [-0.4, -0.2) is 12.6 Å². The third-order valence-electron chi connectivity index (χ3n) is 3.05. The summed E-state index contributed by atoms with van der Waals surface area (Å²) in [6.45, 7) is 3.43. The van der Waals surface area contributed by atoms with Crippen LogP contribution in [0.4, 0.5) is 11.4 Å². The van der Waals surface area contributed by atoms with Crippen molar-refractivity contribution in [1.29, 1.82) is 0 Å². The summed E-state index contributed by atoms with van der Waals surface area (Å²) in [5, 5.41) is 0. The van der Waals surface area contributed by atoms with E-state index in [0.717, 1.165) is 12.2 Å². The second kappa shape index (κ2) is 3.91. The van der Waals surface area contributed by atoms with Crippen molar-refractivity contribution in [3.8, 4) is 0 Å². The lowest BCUT2D eigenvalue weighted by Gasteiger charge is -2.36. The molecule has 0 aromatic heterocycles. The molecular formula is C12H18N2. The van der Waals surface area contributed by atoms with Crippen LogP contribution in [0, 0.1) is 0 Å². The molecule has 0 unspecified atom stereocenters. The van der Waals surface area contributed by atoms with Gasteiger partial charge in [0.2, 0.25) is 0 Å². The smallest absolute Gasteiger partial charge is 0.0602 e. The van der Waals surface area contributed by atoms with Crippen LogP contribution >= 0.6 is 0 Å². The van der Waals surface area contributed by atoms with Crippen molar-refractivity contribution in [3.63, 3.8) is 0 Å². The Morgan fingerprint density at radius 1 is 1.29 bits per heavy atom. The fraction of sp³-hybridized carbons (Fsp3) is 0.500. The van der Waals surface area contributed by atoms with Crippen molar-refractivity contribution in [2.45, 2.75) is 32.2 Å². The van der Waals surface area contributed by atoms with Crippen molar-refractivity contribution >= 4 is 11.4 Å². The average Bonchev–Trinajstić information content (AvgIpc) is 2.20. The predicted octanol–water partition coefficient (Wildman–Crippen LogP) is 2.65. The molecule has 0 aliphatic carbocycles. The van der Waals surface area contributed by atoms with Crippen LogP contribution in [0.15, 0.2) is 24.3 Å². The Morgan fingerprint density at radius 3 is 2.79 bits per heavy atom. The van der Waals surface area contributed by atoms with Crippen molar-refractivity contribution in [1.82, 2.24) is 0 Å². The van der Waals surface area contributed by atoms with Gasteiger partial charge in [-0.05, 0) is 38.3 Å². The normalized spacial score (nSPS) is 22.4. The summed E-state index contributed by atoms with van der Waals surface area (Å²) in [7, 11) is 0. The van der Waals surface area contributed by atoms with E-state index >= 15 is 0 Å². The number of nitrogen functional groups attached to an aromatic ring is 1. The van der Waals surface area contributed by atoms with Crippen LogP contribution in [0.5, 0.6) is 0 Å². The first-order valence-electron chi connectivity index (χ1n) is 5.40. The number of rotatable bonds is 1. The summed E-state index contributed by atoms with van der Waals surface area (Å²) in [4.78, 5) is 2.43. The molecule has 1 atom stereocenters. The van der Waals surface area contributed by atoms with Crippen LogP contribution in [0.25, 0.3) is 0 Å². The van der Waals surface area contributed by atoms with E-state index in [1.807, 2.05) is 12.1 Å². The van der Waals surface area contributed by atoms with Gasteiger partial charge in [0.05, 0.1) is 11.4 Å². The molecule has 1 aromatic rings. The fourth-order valence-electron chi connectivity index (χ4n) is 2.21. The third-order valence-corrected chi connectivity index (χ3v) is 3.05. The van der Waals surface area contributed by atoms with Gasteiger partial charge in [-0.2, -0.15) is 0 Å². The highest BCUT2D eigenvalue weighted by Crippen LogP contribution is 2.28. The zero-order valence-corrected chi connectivity index (χ0v) is 8.74. The van der Waals surface area contributed by atoms with Crippen LogP contribution < -0.4 is 10.6 Å². The molecule has 0 spiro atoms. The summed E-state index contributed by atoms with van der Waals surface area (Å²) < 4.78 is 0. The number of benzene rings is 1. The monoisotopic (exact) mass is 190 g/mol. The van der Waals surface area contributed by atoms with Crippen molar-refractivity contribution in [3.05, 3.63) is 24.3 Å². The van der Waals surface area contributed by atoms with E-state index in [9.17, 15) is 0 Å². The lowest BCUT2D eigenvalue weighted by molar-refractivity contribution is 0.485. The number of nitrogens with zero attached hydrogens (tertiary/aromatic N) is 1. The Morgan fingerprint density at radius 2 is 2.07 bits per heavy atom. The summed E-state index contributed by atoms with van der Waals surface area (Å²) in [6.07, 6.45) is 3.93. The summed E-state index contributed by atoms with van der Waals surface area (Å²) in [5.41, 5.74) is 8.08. The lowest BCUT2D eigenvalue weighted by Crippen LogP contribution is -2.37. The van der Waals surface area contributed by atoms with Gasteiger partial charge in [0.25, 0.3) is 0 Å².